The van der Waals surface area contributed by atoms with Crippen LogP contribution in [0, 0.1) is 126 Å². The van der Waals surface area contributed by atoms with Crippen LogP contribution in [0.1, 0.15) is 140 Å². The summed E-state index contributed by atoms with van der Waals surface area (Å²) in [4.78, 5) is 69.9. The third-order valence-electron chi connectivity index (χ3n) is 19.6. The lowest BCUT2D eigenvalue weighted by atomic mass is 9.44. The van der Waals surface area contributed by atoms with Crippen molar-refractivity contribution in [3.63, 3.8) is 0 Å². The van der Waals surface area contributed by atoms with Gasteiger partial charge in [-0.25, -0.2) is 9.69 Å². The number of nitrogens with zero attached hydrogens (tertiary/aromatic N) is 4. The quantitative estimate of drug-likeness (QED) is 0.117. The Morgan fingerprint density at radius 1 is 0.667 bits per heavy atom. The van der Waals surface area contributed by atoms with Crippen LogP contribution in [0.3, 0.4) is 0 Å². The summed E-state index contributed by atoms with van der Waals surface area (Å²) in [5.41, 5.74) is 2.61. The minimum absolute atomic E-state index is 0. The molecule has 0 spiro atoms. The van der Waals surface area contributed by atoms with Crippen molar-refractivity contribution in [2.45, 2.75) is 160 Å². The highest BCUT2D eigenvalue weighted by molar-refractivity contribution is 6.83. The second-order valence-electron chi connectivity index (χ2n) is 26.0. The molecule has 4 saturated carbocycles. The molecule has 9 aliphatic rings. The molecule has 0 saturated heterocycles. The van der Waals surface area contributed by atoms with Crippen molar-refractivity contribution in [3.8, 4) is 35.9 Å². The van der Waals surface area contributed by atoms with Crippen molar-refractivity contribution in [1.29, 1.82) is 10.5 Å². The summed E-state index contributed by atoms with van der Waals surface area (Å²) >= 11 is 0. The molecule has 0 aliphatic heterocycles. The van der Waals surface area contributed by atoms with Gasteiger partial charge in [0.05, 0.1) is 41.7 Å². The first-order valence-corrected chi connectivity index (χ1v) is 29.8. The Bertz CT molecular complexity index is 3080. The van der Waals surface area contributed by atoms with E-state index in [0.29, 0.717) is 37.4 Å². The predicted molar refractivity (Wildman–Crippen MR) is 294 cm³/mol. The fraction of sp³-hybridized carbons (Fsp3) is 0.578. The van der Waals surface area contributed by atoms with Crippen LogP contribution in [0.15, 0.2) is 81.8 Å². The van der Waals surface area contributed by atoms with Gasteiger partial charge in [-0.15, -0.1) is 12.0 Å². The number of allylic oxidation sites excluding steroid dienone is 13. The fourth-order valence-electron chi connectivity index (χ4n) is 15.8. The highest BCUT2D eigenvalue weighted by atomic mass is 28.3. The summed E-state index contributed by atoms with van der Waals surface area (Å²) < 4.78 is 0. The zero-order valence-electron chi connectivity index (χ0n) is 45.6. The van der Waals surface area contributed by atoms with E-state index in [0.717, 1.165) is 49.7 Å². The van der Waals surface area contributed by atoms with E-state index in [1.54, 1.807) is 30.4 Å². The Balaban J connectivity index is 0.000000184. The highest BCUT2D eigenvalue weighted by Gasteiger charge is 2.62. The second-order valence-corrected chi connectivity index (χ2v) is 30.8. The molecule has 9 rings (SSSR count). The van der Waals surface area contributed by atoms with E-state index in [1.165, 1.54) is 18.1 Å². The summed E-state index contributed by atoms with van der Waals surface area (Å²) in [5.74, 6) is 6.07. The number of aliphatic hydroxyl groups is 1. The van der Waals surface area contributed by atoms with Gasteiger partial charge in [-0.3, -0.25) is 14.4 Å². The Morgan fingerprint density at radius 2 is 1.13 bits per heavy atom. The van der Waals surface area contributed by atoms with E-state index in [9.17, 15) is 39.6 Å². The number of nitriles is 2. The molecule has 0 radical (unpaired) electrons. The summed E-state index contributed by atoms with van der Waals surface area (Å²) in [6, 6.07) is 3.96. The molecule has 75 heavy (non-hydrogen) atoms. The Morgan fingerprint density at radius 3 is 1.59 bits per heavy atom. The SMILES string of the molecule is C.CC1(C)C(=O)CC[C@@]2(C)C3=CCCC[C@@]3(CO)CC[C@@H]12.[C-]#[N+]C1=C[C@@]2(C)C3=CC(=O)C(C#N)=C[C@@]3(C#C)CC[C@@H]2C(C)(C)C1=O.[C-]#[N+]C1=C[C@@]2(C)C3=CC(=O)C(C#N)=C[C@@]3(C#C[Si](C)(C)C)CC[C@@H]2C(C)(C)C1=O. The van der Waals surface area contributed by atoms with Gasteiger partial charge in [0.2, 0.25) is 11.4 Å². The van der Waals surface area contributed by atoms with Crippen LogP contribution in [-0.2, 0) is 24.0 Å². The first-order valence-electron chi connectivity index (χ1n) is 26.3. The molecule has 0 heterocycles. The molecule has 0 bridgehead atoms. The maximum absolute atomic E-state index is 12.9. The molecule has 0 unspecified atom stereocenters. The van der Waals surface area contributed by atoms with Gasteiger partial charge in [-0.2, -0.15) is 10.5 Å². The molecular weight excluding hydrogens is 949 g/mol. The normalized spacial score (nSPS) is 36.2. The first-order chi connectivity index (χ1) is 34.3. The van der Waals surface area contributed by atoms with Gasteiger partial charge in [0.15, 0.2) is 23.1 Å². The van der Waals surface area contributed by atoms with Crippen LogP contribution in [0.2, 0.25) is 19.6 Å². The second kappa shape index (κ2) is 19.4. The molecule has 9 aliphatic carbocycles. The highest BCUT2D eigenvalue weighted by Crippen LogP contribution is 2.67. The van der Waals surface area contributed by atoms with E-state index < -0.39 is 40.6 Å². The van der Waals surface area contributed by atoms with Crippen molar-refractivity contribution < 1.29 is 29.1 Å². The van der Waals surface area contributed by atoms with Crippen molar-refractivity contribution >= 4 is 37.0 Å². The lowest BCUT2D eigenvalue weighted by Crippen LogP contribution is -2.55. The Labute approximate surface area is 448 Å². The first kappa shape index (κ1) is 58.1. The van der Waals surface area contributed by atoms with Gasteiger partial charge in [0.1, 0.15) is 26.0 Å². The molecule has 4 fully saturated rings. The molecule has 10 nitrogen and oxygen atoms in total. The number of terminal acetylenes is 1. The fourth-order valence-corrected chi connectivity index (χ4v) is 16.4. The third-order valence-corrected chi connectivity index (χ3v) is 20.5. The number of Topliss-reactive ketones (excluding diaryl/α,β-unsaturated/α-hetero) is 3. The summed E-state index contributed by atoms with van der Waals surface area (Å²) in [7, 11) is -1.70. The summed E-state index contributed by atoms with van der Waals surface area (Å²) in [6.07, 6.45) is 28.1. The lowest BCUT2D eigenvalue weighted by Gasteiger charge is -2.60. The largest absolute Gasteiger partial charge is 0.395 e. The van der Waals surface area contributed by atoms with Gasteiger partial charge in [-0.1, -0.05) is 125 Å². The van der Waals surface area contributed by atoms with Crippen LogP contribution in [0.4, 0.5) is 0 Å². The lowest BCUT2D eigenvalue weighted by molar-refractivity contribution is -0.142. The molecule has 0 aromatic carbocycles. The minimum Gasteiger partial charge on any atom is -0.395 e. The zero-order valence-corrected chi connectivity index (χ0v) is 46.6. The molecule has 11 heteroatoms. The van der Waals surface area contributed by atoms with Crippen molar-refractivity contribution in [2.75, 3.05) is 6.61 Å². The minimum atomic E-state index is -1.70. The number of aliphatic hydroxyl groups excluding tert-OH is 1. The van der Waals surface area contributed by atoms with Crippen molar-refractivity contribution in [2.24, 2.45) is 66.5 Å². The van der Waals surface area contributed by atoms with E-state index in [2.05, 4.69) is 73.6 Å². The summed E-state index contributed by atoms with van der Waals surface area (Å²) in [6.45, 7) is 39.8. The zero-order chi connectivity index (χ0) is 55.0. The molecule has 0 aromatic heterocycles. The van der Waals surface area contributed by atoms with Crippen molar-refractivity contribution in [3.05, 3.63) is 105 Å². The third kappa shape index (κ3) is 8.98. The van der Waals surface area contributed by atoms with E-state index >= 15 is 0 Å². The Kier molecular flexibility index (Phi) is 15.0. The number of hydrogen-bond donors (Lipinski definition) is 1. The predicted octanol–water partition coefficient (Wildman–Crippen LogP) is 12.6. The standard InChI is InChI=1S/C24H26N2O2Si.C21H18N2O2.C18H28O2.CH4/c1-22(2)19-8-9-24(10-11-29(5,6)7)13-16(15-25)18(27)12-20(24)23(19,3)14-17(26-4)21(22)28;1-6-21-8-7-16-19(2,3)18(25)14(23-5)11-20(16,4)17(21)9-15(24)13(10-21)12-22;1-16(2)13-7-11-18(12-19)9-5-4-6-14(18)17(13,3)10-8-15(16)20;/h12-14,19H,8-9H2,1-3,5-7H3;1,9-11,16H,7-8H2,2-4H3;6,13,19H,4-5,7-12H2,1-3H3;1H4/t19-,23-,24+;16-,20-,21-;13-,17+,18-;/m110./s1. The van der Waals surface area contributed by atoms with Crippen LogP contribution in [-0.4, -0.2) is 48.7 Å². The number of carbonyl (C=O) groups is 5. The van der Waals surface area contributed by atoms with Gasteiger partial charge in [0, 0.05) is 38.9 Å². The molecule has 9 atom stereocenters. The van der Waals surface area contributed by atoms with E-state index in [-0.39, 0.29) is 87.8 Å². The van der Waals surface area contributed by atoms with Crippen LogP contribution in [0.25, 0.3) is 9.69 Å². The number of carbonyl (C=O) groups excluding carboxylic acids is 5. The maximum Gasteiger partial charge on any atom is 0.226 e. The van der Waals surface area contributed by atoms with Gasteiger partial charge in [-0.05, 0) is 123 Å². The average molecular weight is 1030 g/mol. The maximum atomic E-state index is 12.9. The number of fused-ring (bicyclic) bond motifs is 9. The monoisotopic (exact) mass is 1020 g/mol. The van der Waals surface area contributed by atoms with Crippen LogP contribution in [0.5, 0.6) is 0 Å². The average Bonchev–Trinajstić information content (AvgIpc) is 3.35. The van der Waals surface area contributed by atoms with Crippen molar-refractivity contribution in [1.82, 2.24) is 0 Å². The Hall–Kier alpha value is -6.21. The topological polar surface area (TPSA) is 162 Å². The smallest absolute Gasteiger partial charge is 0.226 e. The summed E-state index contributed by atoms with van der Waals surface area (Å²) in [5, 5.41) is 28.8. The van der Waals surface area contributed by atoms with E-state index in [1.807, 2.05) is 53.7 Å². The molecule has 0 aromatic rings. The van der Waals surface area contributed by atoms with E-state index in [4.69, 9.17) is 19.6 Å². The van der Waals surface area contributed by atoms with Gasteiger partial charge >= 0.3 is 0 Å². The van der Waals surface area contributed by atoms with Gasteiger partial charge < -0.3 is 14.7 Å². The van der Waals surface area contributed by atoms with Crippen LogP contribution < -0.4 is 0 Å². The van der Waals surface area contributed by atoms with Gasteiger partial charge in [0.25, 0.3) is 0 Å². The number of rotatable bonds is 1. The van der Waals surface area contributed by atoms with Crippen LogP contribution >= 0.6 is 0 Å². The molecule has 392 valence electrons. The molecule has 1 N–H and O–H groups in total. The molecule has 0 amide bonds. The number of ketones is 5. The number of hydrogen-bond acceptors (Lipinski definition) is 8. The molecular formula is C64H76N4O6Si.